The van der Waals surface area contributed by atoms with Gasteiger partial charge in [-0.15, -0.1) is 15.3 Å². The summed E-state index contributed by atoms with van der Waals surface area (Å²) >= 11 is 0. The molecule has 4 aromatic carbocycles. The highest BCUT2D eigenvalue weighted by atomic mass is 32.2. The second-order valence-electron chi connectivity index (χ2n) is 8.31. The lowest BCUT2D eigenvalue weighted by Gasteiger charge is -2.08. The molecule has 6 N–H and O–H groups in total. The Morgan fingerprint density at radius 3 is 1.74 bits per heavy atom. The average molecular weight is 617 g/mol. The number of carbonyl (C=O) groups is 2. The van der Waals surface area contributed by atoms with E-state index >= 15 is 0 Å². The summed E-state index contributed by atoms with van der Waals surface area (Å²) in [6.45, 7) is 0. The van der Waals surface area contributed by atoms with E-state index in [9.17, 15) is 56.0 Å². The smallest absolute Gasteiger partial charge is 0.339 e. The Bertz CT molecular complexity index is 2080. The molecule has 0 unspecified atom stereocenters. The third-order valence-electron chi connectivity index (χ3n) is 5.58. The molecule has 0 aromatic heterocycles. The van der Waals surface area contributed by atoms with Gasteiger partial charge in [0.2, 0.25) is 0 Å². The summed E-state index contributed by atoms with van der Waals surface area (Å²) in [5.41, 5.74) is -2.00. The van der Waals surface area contributed by atoms with Gasteiger partial charge in [-0.2, -0.15) is 21.9 Å². The van der Waals surface area contributed by atoms with E-state index in [2.05, 4.69) is 20.5 Å². The molecule has 0 amide bonds. The van der Waals surface area contributed by atoms with E-state index in [1.165, 1.54) is 24.3 Å². The summed E-state index contributed by atoms with van der Waals surface area (Å²) in [6, 6.07) is 10.5. The van der Waals surface area contributed by atoms with E-state index in [1.807, 2.05) is 0 Å². The third-order valence-corrected chi connectivity index (χ3v) is 7.26. The van der Waals surface area contributed by atoms with Crippen molar-refractivity contribution >= 4 is 65.7 Å². The van der Waals surface area contributed by atoms with Gasteiger partial charge < -0.3 is 20.4 Å². The van der Waals surface area contributed by atoms with E-state index in [0.717, 1.165) is 24.3 Å². The Balaban J connectivity index is 1.88. The van der Waals surface area contributed by atoms with Gasteiger partial charge in [0.05, 0.1) is 26.9 Å². The second-order valence-corrected chi connectivity index (χ2v) is 11.2. The Hall–Kier alpha value is -5.30. The average Bonchev–Trinajstić information content (AvgIpc) is 2.90. The molecule has 18 heteroatoms. The minimum Gasteiger partial charge on any atom is -0.507 e. The molecule has 0 aliphatic heterocycles. The molecule has 0 aliphatic rings. The number of carboxylic acid groups (broad SMARTS) is 2. The number of aromatic hydroxyl groups is 2. The number of fused-ring (bicyclic) bond motifs is 1. The van der Waals surface area contributed by atoms with Crippen molar-refractivity contribution in [3.8, 4) is 11.5 Å². The molecular formula is C24H16N4O12S2. The molecule has 4 rings (SSSR count). The molecule has 42 heavy (non-hydrogen) atoms. The van der Waals surface area contributed by atoms with Gasteiger partial charge in [0.15, 0.2) is 5.75 Å². The van der Waals surface area contributed by atoms with Crippen molar-refractivity contribution in [2.45, 2.75) is 9.79 Å². The van der Waals surface area contributed by atoms with Gasteiger partial charge in [0.1, 0.15) is 22.6 Å². The standard InChI is InChI=1S/C24H16N4O12S2/c29-21-6-1-11(7-16(21)23(31)32)25-26-18-4-5-19(15-8-12(41(35,36)37)2-3-14(15)18)27-28-20-10-13(42(38,39)40)9-17(22(20)30)24(33)34/h1-10,29-30H,(H,31,32)(H,33,34)(H,35,36,37)(H,38,39,40). The summed E-state index contributed by atoms with van der Waals surface area (Å²) in [6.07, 6.45) is 0. The fourth-order valence-corrected chi connectivity index (χ4v) is 4.62. The molecule has 0 saturated carbocycles. The Morgan fingerprint density at radius 1 is 0.571 bits per heavy atom. The fraction of sp³-hybridized carbons (Fsp3) is 0. The number of benzene rings is 4. The summed E-state index contributed by atoms with van der Waals surface area (Å²) < 4.78 is 65.6. The Morgan fingerprint density at radius 2 is 1.14 bits per heavy atom. The van der Waals surface area contributed by atoms with Crippen LogP contribution in [-0.4, -0.2) is 58.3 Å². The minimum atomic E-state index is -4.92. The maximum absolute atomic E-state index is 11.8. The molecule has 0 heterocycles. The van der Waals surface area contributed by atoms with Crippen molar-refractivity contribution in [2.75, 3.05) is 0 Å². The molecule has 0 bridgehead atoms. The lowest BCUT2D eigenvalue weighted by Crippen LogP contribution is -2.03. The summed E-state index contributed by atoms with van der Waals surface area (Å²) in [4.78, 5) is 21.3. The van der Waals surface area contributed by atoms with Crippen LogP contribution in [0.1, 0.15) is 20.7 Å². The SMILES string of the molecule is O=C(O)c1cc(N=Nc2ccc(N=Nc3cc(S(=O)(=O)O)cc(C(=O)O)c3O)c3cc(S(=O)(=O)O)ccc23)ccc1O. The largest absolute Gasteiger partial charge is 0.507 e. The number of nitrogens with zero attached hydrogens (tertiary/aromatic N) is 4. The zero-order valence-corrected chi connectivity index (χ0v) is 22.1. The van der Waals surface area contributed by atoms with E-state index in [4.69, 9.17) is 0 Å². The quantitative estimate of drug-likeness (QED) is 0.113. The van der Waals surface area contributed by atoms with Crippen molar-refractivity contribution < 1.29 is 56.0 Å². The lowest BCUT2D eigenvalue weighted by molar-refractivity contribution is 0.0682. The Labute approximate surface area is 235 Å². The van der Waals surface area contributed by atoms with Crippen molar-refractivity contribution in [1.82, 2.24) is 0 Å². The van der Waals surface area contributed by atoms with Crippen LogP contribution in [-0.2, 0) is 20.2 Å². The molecule has 16 nitrogen and oxygen atoms in total. The lowest BCUT2D eigenvalue weighted by atomic mass is 10.1. The van der Waals surface area contributed by atoms with Crippen LogP contribution >= 0.6 is 0 Å². The zero-order valence-electron chi connectivity index (χ0n) is 20.5. The number of hydrogen-bond acceptors (Lipinski definition) is 12. The van der Waals surface area contributed by atoms with Crippen LogP contribution in [0.3, 0.4) is 0 Å². The predicted molar refractivity (Wildman–Crippen MR) is 142 cm³/mol. The molecular weight excluding hydrogens is 600 g/mol. The van der Waals surface area contributed by atoms with Crippen LogP contribution in [0.4, 0.5) is 22.7 Å². The Kier molecular flexibility index (Phi) is 7.73. The molecule has 0 atom stereocenters. The van der Waals surface area contributed by atoms with Gasteiger partial charge in [-0.1, -0.05) is 6.07 Å². The molecule has 4 aromatic rings. The van der Waals surface area contributed by atoms with Gasteiger partial charge in [-0.3, -0.25) is 9.11 Å². The second kappa shape index (κ2) is 10.9. The maximum Gasteiger partial charge on any atom is 0.339 e. The van der Waals surface area contributed by atoms with Crippen LogP contribution in [0.5, 0.6) is 11.5 Å². The number of aromatic carboxylic acids is 2. The van der Waals surface area contributed by atoms with Crippen LogP contribution in [0.2, 0.25) is 0 Å². The van der Waals surface area contributed by atoms with E-state index in [1.54, 1.807) is 0 Å². The van der Waals surface area contributed by atoms with Crippen molar-refractivity contribution in [3.05, 3.63) is 71.8 Å². The first-order chi connectivity index (χ1) is 19.6. The highest BCUT2D eigenvalue weighted by Crippen LogP contribution is 2.39. The maximum atomic E-state index is 11.8. The monoisotopic (exact) mass is 616 g/mol. The molecule has 0 aliphatic carbocycles. The molecule has 0 spiro atoms. The fourth-order valence-electron chi connectivity index (χ4n) is 3.59. The highest BCUT2D eigenvalue weighted by Gasteiger charge is 2.21. The van der Waals surface area contributed by atoms with Crippen LogP contribution in [0.15, 0.2) is 90.9 Å². The number of carboxylic acids is 2. The normalized spacial score (nSPS) is 12.3. The highest BCUT2D eigenvalue weighted by molar-refractivity contribution is 7.86. The molecule has 0 saturated heterocycles. The van der Waals surface area contributed by atoms with Crippen LogP contribution in [0, 0.1) is 0 Å². The van der Waals surface area contributed by atoms with E-state index in [0.29, 0.717) is 12.1 Å². The third kappa shape index (κ3) is 6.20. The predicted octanol–water partition coefficient (Wildman–Crippen LogP) is 4.97. The van der Waals surface area contributed by atoms with Crippen molar-refractivity contribution in [2.24, 2.45) is 20.5 Å². The van der Waals surface area contributed by atoms with Gasteiger partial charge >= 0.3 is 11.9 Å². The zero-order chi connectivity index (χ0) is 31.0. The first-order valence-corrected chi connectivity index (χ1v) is 14.0. The van der Waals surface area contributed by atoms with Gasteiger partial charge in [0, 0.05) is 10.8 Å². The summed E-state index contributed by atoms with van der Waals surface area (Å²) in [5.74, 6) is -4.63. The number of hydrogen-bond donors (Lipinski definition) is 6. The van der Waals surface area contributed by atoms with Gasteiger partial charge in [-0.05, 0) is 54.6 Å². The molecule has 216 valence electrons. The summed E-state index contributed by atoms with van der Waals surface area (Å²) in [5, 5.41) is 54.1. The van der Waals surface area contributed by atoms with Crippen molar-refractivity contribution in [3.63, 3.8) is 0 Å². The molecule has 0 fully saturated rings. The number of phenols is 2. The first-order valence-electron chi connectivity index (χ1n) is 11.1. The van der Waals surface area contributed by atoms with E-state index in [-0.39, 0.29) is 27.8 Å². The van der Waals surface area contributed by atoms with E-state index < -0.39 is 70.3 Å². The number of rotatable bonds is 8. The van der Waals surface area contributed by atoms with Gasteiger partial charge in [-0.25, -0.2) is 9.59 Å². The summed E-state index contributed by atoms with van der Waals surface area (Å²) in [7, 11) is -9.63. The van der Waals surface area contributed by atoms with Gasteiger partial charge in [0.25, 0.3) is 20.2 Å². The topological polar surface area (TPSA) is 273 Å². The minimum absolute atomic E-state index is 0.00821. The van der Waals surface area contributed by atoms with Crippen LogP contribution < -0.4 is 0 Å². The number of azo groups is 2. The van der Waals surface area contributed by atoms with Crippen LogP contribution in [0.25, 0.3) is 10.8 Å². The first kappa shape index (κ1) is 29.7. The van der Waals surface area contributed by atoms with Crippen molar-refractivity contribution in [1.29, 1.82) is 0 Å². The molecule has 0 radical (unpaired) electrons.